The molecule has 0 unspecified atom stereocenters. The van der Waals surface area contributed by atoms with E-state index in [0.29, 0.717) is 18.1 Å². The van der Waals surface area contributed by atoms with Gasteiger partial charge in [-0.25, -0.2) is 0 Å². The number of methoxy groups -OCH3 is 2. The molecule has 1 atom stereocenters. The Kier molecular flexibility index (Phi) is 5.18. The highest BCUT2D eigenvalue weighted by atomic mass is 16.5. The number of furan rings is 1. The van der Waals surface area contributed by atoms with Crippen LogP contribution < -0.4 is 9.47 Å². The number of ether oxygens (including phenoxy) is 2. The van der Waals surface area contributed by atoms with Gasteiger partial charge in [-0.3, -0.25) is 4.90 Å². The molecule has 0 bridgehead atoms. The molecule has 2 aromatic carbocycles. The maximum Gasteiger partial charge on any atom is 0.165 e. The van der Waals surface area contributed by atoms with Crippen LogP contribution in [-0.4, -0.2) is 35.8 Å². The number of rotatable bonds is 6. The molecule has 6 heteroatoms. The molecule has 1 aliphatic heterocycles. The van der Waals surface area contributed by atoms with Crippen LogP contribution >= 0.6 is 0 Å². The van der Waals surface area contributed by atoms with Crippen molar-refractivity contribution in [3.05, 3.63) is 82.9 Å². The molecule has 0 fully saturated rings. The van der Waals surface area contributed by atoms with Crippen LogP contribution in [0.4, 0.5) is 0 Å². The topological polar surface area (TPSA) is 70.9 Å². The van der Waals surface area contributed by atoms with Gasteiger partial charge >= 0.3 is 0 Å². The molecule has 2 aromatic heterocycles. The number of aromatic amines is 1. The molecule has 1 aliphatic rings. The summed E-state index contributed by atoms with van der Waals surface area (Å²) in [5.41, 5.74) is 4.70. The van der Waals surface area contributed by atoms with E-state index in [-0.39, 0.29) is 12.6 Å². The lowest BCUT2D eigenvalue weighted by Crippen LogP contribution is -2.35. The monoisotopic (exact) mass is 418 g/mol. The number of aliphatic hydroxyl groups is 1. The Balaban J connectivity index is 1.65. The number of H-pyrrole nitrogens is 1. The van der Waals surface area contributed by atoms with Crippen LogP contribution in [0.25, 0.3) is 10.9 Å². The van der Waals surface area contributed by atoms with E-state index in [0.717, 1.165) is 35.6 Å². The van der Waals surface area contributed by atoms with Crippen LogP contribution in [-0.2, 0) is 19.6 Å². The number of benzene rings is 2. The third kappa shape index (κ3) is 3.38. The number of aliphatic hydroxyl groups excluding tert-OH is 1. The Bertz CT molecular complexity index is 1210. The van der Waals surface area contributed by atoms with E-state index in [1.807, 2.05) is 24.3 Å². The largest absolute Gasteiger partial charge is 0.493 e. The summed E-state index contributed by atoms with van der Waals surface area (Å²) in [6.45, 7) is 1.40. The van der Waals surface area contributed by atoms with Gasteiger partial charge in [0.2, 0.25) is 0 Å². The maximum absolute atomic E-state index is 9.38. The van der Waals surface area contributed by atoms with E-state index >= 15 is 0 Å². The highest BCUT2D eigenvalue weighted by Crippen LogP contribution is 2.44. The predicted octanol–water partition coefficient (Wildman–Crippen LogP) is 4.42. The second-order valence-corrected chi connectivity index (χ2v) is 7.79. The molecule has 31 heavy (non-hydrogen) atoms. The smallest absolute Gasteiger partial charge is 0.165 e. The first-order valence-corrected chi connectivity index (χ1v) is 10.5. The molecule has 160 valence electrons. The number of nitrogens with zero attached hydrogens (tertiary/aromatic N) is 1. The van der Waals surface area contributed by atoms with E-state index in [1.165, 1.54) is 16.6 Å². The fourth-order valence-electron chi connectivity index (χ4n) is 4.73. The van der Waals surface area contributed by atoms with Crippen molar-refractivity contribution in [1.29, 1.82) is 0 Å². The molecule has 6 nitrogen and oxygen atoms in total. The van der Waals surface area contributed by atoms with Crippen LogP contribution in [0.3, 0.4) is 0 Å². The molecule has 0 saturated carbocycles. The van der Waals surface area contributed by atoms with Crippen molar-refractivity contribution >= 4 is 10.9 Å². The molecule has 0 radical (unpaired) electrons. The predicted molar refractivity (Wildman–Crippen MR) is 118 cm³/mol. The molecular formula is C25H26N2O4. The molecular weight excluding hydrogens is 392 g/mol. The number of hydrogen-bond donors (Lipinski definition) is 2. The van der Waals surface area contributed by atoms with Crippen molar-refractivity contribution in [2.45, 2.75) is 25.6 Å². The zero-order valence-corrected chi connectivity index (χ0v) is 17.7. The minimum Gasteiger partial charge on any atom is -0.493 e. The van der Waals surface area contributed by atoms with Gasteiger partial charge in [0.25, 0.3) is 0 Å². The zero-order chi connectivity index (χ0) is 21.4. The van der Waals surface area contributed by atoms with Gasteiger partial charge in [0, 0.05) is 28.7 Å². The van der Waals surface area contributed by atoms with Gasteiger partial charge in [0.05, 0.1) is 26.8 Å². The number of fused-ring (bicyclic) bond motifs is 3. The Morgan fingerprint density at radius 3 is 2.65 bits per heavy atom. The molecule has 0 saturated heterocycles. The minimum absolute atomic E-state index is 0.0520. The first kappa shape index (κ1) is 19.7. The van der Waals surface area contributed by atoms with Crippen molar-refractivity contribution in [3.8, 4) is 11.5 Å². The van der Waals surface area contributed by atoms with Gasteiger partial charge in [-0.1, -0.05) is 30.3 Å². The molecule has 4 aromatic rings. The van der Waals surface area contributed by atoms with E-state index in [4.69, 9.17) is 13.9 Å². The first-order valence-electron chi connectivity index (χ1n) is 10.5. The fraction of sp³-hybridized carbons (Fsp3) is 0.280. The Hall–Kier alpha value is -3.22. The van der Waals surface area contributed by atoms with Crippen molar-refractivity contribution in [1.82, 2.24) is 9.88 Å². The quantitative estimate of drug-likeness (QED) is 0.485. The maximum atomic E-state index is 9.38. The summed E-state index contributed by atoms with van der Waals surface area (Å²) < 4.78 is 17.2. The zero-order valence-electron chi connectivity index (χ0n) is 17.7. The van der Waals surface area contributed by atoms with Crippen LogP contribution in [0, 0.1) is 0 Å². The Morgan fingerprint density at radius 2 is 1.87 bits per heavy atom. The van der Waals surface area contributed by atoms with Crippen molar-refractivity contribution in [3.63, 3.8) is 0 Å². The Morgan fingerprint density at radius 1 is 1.03 bits per heavy atom. The Labute approximate surface area is 181 Å². The number of para-hydroxylation sites is 2. The van der Waals surface area contributed by atoms with E-state index in [2.05, 4.69) is 40.2 Å². The van der Waals surface area contributed by atoms with Crippen molar-refractivity contribution in [2.24, 2.45) is 0 Å². The number of aromatic nitrogens is 1. The SMILES string of the molecule is COc1cccc([C@@H]2c3[nH]c4ccccc4c3CCN2Cc2ccc(CO)o2)c1OC. The van der Waals surface area contributed by atoms with Crippen LogP contribution in [0.2, 0.25) is 0 Å². The third-order valence-corrected chi connectivity index (χ3v) is 6.09. The van der Waals surface area contributed by atoms with Crippen LogP contribution in [0.1, 0.15) is 34.4 Å². The summed E-state index contributed by atoms with van der Waals surface area (Å²) in [5.74, 6) is 2.86. The fourth-order valence-corrected chi connectivity index (χ4v) is 4.73. The summed E-state index contributed by atoms with van der Waals surface area (Å²) in [4.78, 5) is 6.06. The number of nitrogens with one attached hydrogen (secondary N) is 1. The van der Waals surface area contributed by atoms with Crippen LogP contribution in [0.5, 0.6) is 11.5 Å². The summed E-state index contributed by atoms with van der Waals surface area (Å²) in [6.07, 6.45) is 0.940. The summed E-state index contributed by atoms with van der Waals surface area (Å²) in [6, 6.07) is 18.2. The highest BCUT2D eigenvalue weighted by molar-refractivity contribution is 5.85. The van der Waals surface area contributed by atoms with Gasteiger partial charge in [-0.05, 0) is 36.2 Å². The third-order valence-electron chi connectivity index (χ3n) is 6.09. The minimum atomic E-state index is -0.0979. The van der Waals surface area contributed by atoms with Crippen molar-refractivity contribution < 1.29 is 19.0 Å². The highest BCUT2D eigenvalue weighted by Gasteiger charge is 2.34. The van der Waals surface area contributed by atoms with E-state index in [1.54, 1.807) is 14.2 Å². The lowest BCUT2D eigenvalue weighted by atomic mass is 9.91. The lowest BCUT2D eigenvalue weighted by molar-refractivity contribution is 0.176. The second kappa shape index (κ2) is 8.13. The second-order valence-electron chi connectivity index (χ2n) is 7.79. The van der Waals surface area contributed by atoms with Gasteiger partial charge in [-0.15, -0.1) is 0 Å². The standard InChI is InChI=1S/C25H26N2O4/c1-29-22-9-5-7-20(25(22)30-2)24-23-19(18-6-3-4-8-21(18)26-23)12-13-27(24)14-16-10-11-17(15-28)31-16/h3-11,24,26,28H,12-15H2,1-2H3/t24-/m1/s1. The molecule has 2 N–H and O–H groups in total. The van der Waals surface area contributed by atoms with E-state index in [9.17, 15) is 5.11 Å². The summed E-state index contributed by atoms with van der Waals surface area (Å²) in [5, 5.41) is 10.6. The average Bonchev–Trinajstić information content (AvgIpc) is 3.42. The molecule has 0 spiro atoms. The normalized spacial score (nSPS) is 16.4. The molecule has 5 rings (SSSR count). The van der Waals surface area contributed by atoms with Gasteiger partial charge in [0.15, 0.2) is 11.5 Å². The number of hydrogen-bond acceptors (Lipinski definition) is 5. The molecule has 0 aliphatic carbocycles. The van der Waals surface area contributed by atoms with Crippen LogP contribution in [0.15, 0.2) is 59.0 Å². The lowest BCUT2D eigenvalue weighted by Gasteiger charge is -2.36. The molecule has 3 heterocycles. The average molecular weight is 418 g/mol. The van der Waals surface area contributed by atoms with Gasteiger partial charge < -0.3 is 24.0 Å². The van der Waals surface area contributed by atoms with Gasteiger partial charge in [0.1, 0.15) is 18.1 Å². The summed E-state index contributed by atoms with van der Waals surface area (Å²) >= 11 is 0. The first-order chi connectivity index (χ1) is 15.2. The van der Waals surface area contributed by atoms with Gasteiger partial charge in [-0.2, -0.15) is 0 Å². The van der Waals surface area contributed by atoms with E-state index < -0.39 is 0 Å². The molecule has 0 amide bonds. The van der Waals surface area contributed by atoms with Crippen molar-refractivity contribution in [2.75, 3.05) is 20.8 Å². The summed E-state index contributed by atoms with van der Waals surface area (Å²) in [7, 11) is 3.34.